The maximum atomic E-state index is 11.6. The van der Waals surface area contributed by atoms with Gasteiger partial charge in [-0.3, -0.25) is 4.79 Å². The summed E-state index contributed by atoms with van der Waals surface area (Å²) < 4.78 is 16.1. The van der Waals surface area contributed by atoms with Crippen molar-refractivity contribution in [1.29, 1.82) is 0 Å². The summed E-state index contributed by atoms with van der Waals surface area (Å²) in [6.45, 7) is 0. The number of nitrogens with two attached hydrogens (primary N) is 1. The van der Waals surface area contributed by atoms with E-state index in [9.17, 15) is 4.79 Å². The number of rotatable bonds is 6. The Morgan fingerprint density at radius 2 is 1.59 bits per heavy atom. The van der Waals surface area contributed by atoms with Crippen LogP contribution >= 0.6 is 0 Å². The topological polar surface area (TPSA) is 70.8 Å². The lowest BCUT2D eigenvalue weighted by Crippen LogP contribution is -2.14. The van der Waals surface area contributed by atoms with Gasteiger partial charge >= 0.3 is 0 Å². The lowest BCUT2D eigenvalue weighted by molar-refractivity contribution is 0.0999. The Kier molecular flexibility index (Phi) is 4.88. The summed E-state index contributed by atoms with van der Waals surface area (Å²) >= 11 is 0. The Bertz CT molecular complexity index is 657. The predicted molar refractivity (Wildman–Crippen MR) is 83.9 cm³/mol. The number of ether oxygens (including phenoxy) is 3. The van der Waals surface area contributed by atoms with E-state index in [0.29, 0.717) is 29.2 Å². The second-order valence-corrected chi connectivity index (χ2v) is 4.71. The molecule has 0 atom stereocenters. The van der Waals surface area contributed by atoms with Gasteiger partial charge in [-0.05, 0) is 11.6 Å². The van der Waals surface area contributed by atoms with Crippen LogP contribution in [0.25, 0.3) is 0 Å². The number of carbonyl (C=O) groups is 1. The van der Waals surface area contributed by atoms with Gasteiger partial charge in [0.15, 0.2) is 0 Å². The van der Waals surface area contributed by atoms with Gasteiger partial charge in [0.05, 0.1) is 21.3 Å². The number of methoxy groups -OCH3 is 3. The van der Waals surface area contributed by atoms with E-state index in [-0.39, 0.29) is 0 Å². The number of benzene rings is 2. The SMILES string of the molecule is COc1cc(OC)c(Cc2ccccc2C(N)=O)c(OC)c1. The summed E-state index contributed by atoms with van der Waals surface area (Å²) in [5, 5.41) is 0. The predicted octanol–water partition coefficient (Wildman–Crippen LogP) is 2.40. The molecule has 116 valence electrons. The average Bonchev–Trinajstić information content (AvgIpc) is 2.55. The van der Waals surface area contributed by atoms with Crippen LogP contribution < -0.4 is 19.9 Å². The van der Waals surface area contributed by atoms with Crippen LogP contribution in [-0.2, 0) is 6.42 Å². The molecule has 0 aliphatic carbocycles. The molecule has 2 N–H and O–H groups in total. The Morgan fingerprint density at radius 3 is 2.09 bits per heavy atom. The smallest absolute Gasteiger partial charge is 0.248 e. The maximum absolute atomic E-state index is 11.6. The van der Waals surface area contributed by atoms with E-state index in [1.807, 2.05) is 12.1 Å². The van der Waals surface area contributed by atoms with Gasteiger partial charge in [0.25, 0.3) is 0 Å². The molecular weight excluding hydrogens is 282 g/mol. The summed E-state index contributed by atoms with van der Waals surface area (Å²) in [5.41, 5.74) is 7.57. The van der Waals surface area contributed by atoms with Crippen LogP contribution in [0.2, 0.25) is 0 Å². The van der Waals surface area contributed by atoms with Crippen LogP contribution in [0, 0.1) is 0 Å². The Labute approximate surface area is 129 Å². The molecule has 2 aromatic carbocycles. The molecule has 0 saturated carbocycles. The van der Waals surface area contributed by atoms with Crippen molar-refractivity contribution in [3.05, 3.63) is 53.1 Å². The average molecular weight is 301 g/mol. The van der Waals surface area contributed by atoms with E-state index >= 15 is 0 Å². The lowest BCUT2D eigenvalue weighted by atomic mass is 9.98. The van der Waals surface area contributed by atoms with Crippen LogP contribution in [-0.4, -0.2) is 27.2 Å². The molecular formula is C17H19NO4. The van der Waals surface area contributed by atoms with Gasteiger partial charge in [0, 0.05) is 29.7 Å². The first kappa shape index (κ1) is 15.7. The van der Waals surface area contributed by atoms with E-state index < -0.39 is 5.91 Å². The van der Waals surface area contributed by atoms with Gasteiger partial charge in [-0.25, -0.2) is 0 Å². The van der Waals surface area contributed by atoms with Crippen LogP contribution in [0.15, 0.2) is 36.4 Å². The summed E-state index contributed by atoms with van der Waals surface area (Å²) in [6, 6.07) is 10.8. The molecule has 0 heterocycles. The first-order chi connectivity index (χ1) is 10.6. The van der Waals surface area contributed by atoms with Crippen LogP contribution in [0.5, 0.6) is 17.2 Å². The highest BCUT2D eigenvalue weighted by atomic mass is 16.5. The van der Waals surface area contributed by atoms with Gasteiger partial charge in [-0.15, -0.1) is 0 Å². The fraction of sp³-hybridized carbons (Fsp3) is 0.235. The second kappa shape index (κ2) is 6.85. The zero-order valence-corrected chi connectivity index (χ0v) is 12.9. The van der Waals surface area contributed by atoms with E-state index in [1.165, 1.54) is 0 Å². The Morgan fingerprint density at radius 1 is 1.00 bits per heavy atom. The number of hydrogen-bond donors (Lipinski definition) is 1. The quantitative estimate of drug-likeness (QED) is 0.889. The minimum Gasteiger partial charge on any atom is -0.496 e. The standard InChI is InChI=1S/C17H19NO4/c1-20-12-9-15(21-2)14(16(10-12)22-3)8-11-6-4-5-7-13(11)17(18)19/h4-7,9-10H,8H2,1-3H3,(H2,18,19). The molecule has 5 nitrogen and oxygen atoms in total. The lowest BCUT2D eigenvalue weighted by Gasteiger charge is -2.16. The number of amides is 1. The van der Waals surface area contributed by atoms with Crippen molar-refractivity contribution in [2.45, 2.75) is 6.42 Å². The van der Waals surface area contributed by atoms with Crippen LogP contribution in [0.4, 0.5) is 0 Å². The highest BCUT2D eigenvalue weighted by Crippen LogP contribution is 2.36. The van der Waals surface area contributed by atoms with Gasteiger partial charge < -0.3 is 19.9 Å². The normalized spacial score (nSPS) is 10.1. The van der Waals surface area contributed by atoms with E-state index in [0.717, 1.165) is 11.1 Å². The molecule has 0 saturated heterocycles. The van der Waals surface area contributed by atoms with Crippen LogP contribution in [0.1, 0.15) is 21.5 Å². The fourth-order valence-corrected chi connectivity index (χ4v) is 2.36. The van der Waals surface area contributed by atoms with Crippen molar-refractivity contribution in [3.8, 4) is 17.2 Å². The molecule has 0 aromatic heterocycles. The number of carbonyl (C=O) groups excluding carboxylic acids is 1. The minimum atomic E-state index is -0.456. The third-order valence-corrected chi connectivity index (χ3v) is 3.47. The van der Waals surface area contributed by atoms with Crippen molar-refractivity contribution in [1.82, 2.24) is 0 Å². The molecule has 0 unspecified atom stereocenters. The Hall–Kier alpha value is -2.69. The molecule has 0 aliphatic rings. The molecule has 2 aromatic rings. The second-order valence-electron chi connectivity index (χ2n) is 4.71. The number of hydrogen-bond acceptors (Lipinski definition) is 4. The first-order valence-electron chi connectivity index (χ1n) is 6.77. The molecule has 0 radical (unpaired) electrons. The summed E-state index contributed by atoms with van der Waals surface area (Å²) in [7, 11) is 4.74. The third-order valence-electron chi connectivity index (χ3n) is 3.47. The molecule has 1 amide bonds. The fourth-order valence-electron chi connectivity index (χ4n) is 2.36. The monoisotopic (exact) mass is 301 g/mol. The van der Waals surface area contributed by atoms with Gasteiger partial charge in [-0.1, -0.05) is 18.2 Å². The molecule has 0 bridgehead atoms. The summed E-state index contributed by atoms with van der Waals surface area (Å²) in [4.78, 5) is 11.6. The van der Waals surface area contributed by atoms with Crippen molar-refractivity contribution in [3.63, 3.8) is 0 Å². The number of primary amides is 1. The van der Waals surface area contributed by atoms with Crippen molar-refractivity contribution < 1.29 is 19.0 Å². The highest BCUT2D eigenvalue weighted by Gasteiger charge is 2.16. The van der Waals surface area contributed by atoms with E-state index in [1.54, 1.807) is 45.6 Å². The summed E-state index contributed by atoms with van der Waals surface area (Å²) in [5.74, 6) is 1.45. The van der Waals surface area contributed by atoms with Gasteiger partial charge in [0.2, 0.25) is 5.91 Å². The van der Waals surface area contributed by atoms with E-state index in [4.69, 9.17) is 19.9 Å². The van der Waals surface area contributed by atoms with Gasteiger partial charge in [0.1, 0.15) is 17.2 Å². The van der Waals surface area contributed by atoms with Crippen molar-refractivity contribution in [2.75, 3.05) is 21.3 Å². The largest absolute Gasteiger partial charge is 0.496 e. The molecule has 22 heavy (non-hydrogen) atoms. The molecule has 0 spiro atoms. The zero-order chi connectivity index (χ0) is 16.1. The van der Waals surface area contributed by atoms with Crippen molar-refractivity contribution >= 4 is 5.91 Å². The maximum Gasteiger partial charge on any atom is 0.248 e. The highest BCUT2D eigenvalue weighted by molar-refractivity contribution is 5.94. The minimum absolute atomic E-state index is 0.456. The van der Waals surface area contributed by atoms with E-state index in [2.05, 4.69) is 0 Å². The third kappa shape index (κ3) is 3.14. The molecule has 2 rings (SSSR count). The first-order valence-corrected chi connectivity index (χ1v) is 6.77. The van der Waals surface area contributed by atoms with Gasteiger partial charge in [-0.2, -0.15) is 0 Å². The van der Waals surface area contributed by atoms with Crippen LogP contribution in [0.3, 0.4) is 0 Å². The molecule has 0 fully saturated rings. The Balaban J connectivity index is 2.51. The summed E-state index contributed by atoms with van der Waals surface area (Å²) in [6.07, 6.45) is 0.468. The zero-order valence-electron chi connectivity index (χ0n) is 12.9. The molecule has 5 heteroatoms. The van der Waals surface area contributed by atoms with Crippen molar-refractivity contribution in [2.24, 2.45) is 5.73 Å². The molecule has 0 aliphatic heterocycles.